The third-order valence-corrected chi connectivity index (χ3v) is 6.90. The third kappa shape index (κ3) is 8.02. The Labute approximate surface area is 211 Å². The molecule has 3 N–H and O–H groups in total. The Morgan fingerprint density at radius 2 is 1.63 bits per heavy atom. The lowest BCUT2D eigenvalue weighted by Crippen LogP contribution is -2.35. The predicted molar refractivity (Wildman–Crippen MR) is 139 cm³/mol. The van der Waals surface area contributed by atoms with Gasteiger partial charge in [-0.1, -0.05) is 62.4 Å². The number of aliphatic carboxylic acids is 1. The van der Waals surface area contributed by atoms with Gasteiger partial charge in [-0.25, -0.2) is 4.79 Å². The minimum atomic E-state index is -0.863. The fraction of sp³-hybridized carbons (Fsp3) is 0.444. The van der Waals surface area contributed by atoms with Crippen LogP contribution in [0.5, 0.6) is 0 Å². The summed E-state index contributed by atoms with van der Waals surface area (Å²) in [6, 6.07) is 16.4. The van der Waals surface area contributed by atoms with Crippen LogP contribution in [0.25, 0.3) is 11.1 Å². The van der Waals surface area contributed by atoms with Crippen molar-refractivity contribution in [2.75, 3.05) is 31.2 Å². The van der Waals surface area contributed by atoms with Crippen LogP contribution in [0.2, 0.25) is 0 Å². The second-order valence-electron chi connectivity index (χ2n) is 9.20. The average Bonchev–Trinajstić information content (AvgIpc) is 3.14. The van der Waals surface area contributed by atoms with Crippen molar-refractivity contribution in [3.8, 4) is 11.1 Å². The number of carbonyl (C=O) groups is 3. The monoisotopic (exact) mass is 498 g/mol. The summed E-state index contributed by atoms with van der Waals surface area (Å²) in [5, 5.41) is 14.3. The van der Waals surface area contributed by atoms with Crippen molar-refractivity contribution < 1.29 is 24.2 Å². The molecule has 1 aliphatic carbocycles. The van der Waals surface area contributed by atoms with E-state index in [0.29, 0.717) is 31.2 Å². The van der Waals surface area contributed by atoms with Gasteiger partial charge < -0.3 is 20.5 Å². The van der Waals surface area contributed by atoms with Crippen molar-refractivity contribution in [2.45, 2.75) is 32.6 Å². The fourth-order valence-corrected chi connectivity index (χ4v) is 5.10. The summed E-state index contributed by atoms with van der Waals surface area (Å²) in [6.45, 7) is 5.20. The highest BCUT2D eigenvalue weighted by Gasteiger charge is 2.29. The molecule has 0 bridgehead atoms. The summed E-state index contributed by atoms with van der Waals surface area (Å²) in [6.07, 6.45) is 0.613. The van der Waals surface area contributed by atoms with Gasteiger partial charge in [0.1, 0.15) is 6.61 Å². The Morgan fingerprint density at radius 3 is 2.23 bits per heavy atom. The molecule has 2 aromatic carbocycles. The van der Waals surface area contributed by atoms with Crippen LogP contribution in [0, 0.1) is 11.8 Å². The molecule has 188 valence electrons. The molecular weight excluding hydrogens is 464 g/mol. The van der Waals surface area contributed by atoms with E-state index in [2.05, 4.69) is 48.7 Å². The number of thioether (sulfide) groups is 1. The van der Waals surface area contributed by atoms with E-state index < -0.39 is 12.1 Å². The van der Waals surface area contributed by atoms with Crippen molar-refractivity contribution in [1.29, 1.82) is 0 Å². The number of amides is 2. The normalized spacial score (nSPS) is 13.1. The topological polar surface area (TPSA) is 105 Å². The van der Waals surface area contributed by atoms with Gasteiger partial charge in [-0.2, -0.15) is 0 Å². The van der Waals surface area contributed by atoms with Crippen molar-refractivity contribution >= 4 is 29.7 Å². The second-order valence-corrected chi connectivity index (χ2v) is 10.3. The zero-order valence-corrected chi connectivity index (χ0v) is 21.1. The molecular formula is C27H34N2O5S. The number of rotatable bonds is 13. The SMILES string of the molecule is CC(C)C[C@H](CNC(=O)OCC1c2ccccc2-c2ccccc21)CC(=O)NCCSCC(=O)O. The average molecular weight is 499 g/mol. The summed E-state index contributed by atoms with van der Waals surface area (Å²) in [5.74, 6) is -0.0193. The van der Waals surface area contributed by atoms with Crippen molar-refractivity contribution in [2.24, 2.45) is 11.8 Å². The van der Waals surface area contributed by atoms with E-state index in [9.17, 15) is 14.4 Å². The number of hydrogen-bond acceptors (Lipinski definition) is 5. The van der Waals surface area contributed by atoms with Crippen LogP contribution in [-0.2, 0) is 14.3 Å². The summed E-state index contributed by atoms with van der Waals surface area (Å²) in [7, 11) is 0. The zero-order chi connectivity index (χ0) is 25.2. The molecule has 0 radical (unpaired) electrons. The van der Waals surface area contributed by atoms with E-state index in [0.717, 1.165) is 17.5 Å². The van der Waals surface area contributed by atoms with E-state index in [-0.39, 0.29) is 30.1 Å². The first-order valence-corrected chi connectivity index (χ1v) is 13.2. The number of alkyl carbamates (subject to hydrolysis) is 1. The Kier molecular flexibility index (Phi) is 10.0. The van der Waals surface area contributed by atoms with Crippen LogP contribution in [0.3, 0.4) is 0 Å². The second kappa shape index (κ2) is 13.2. The highest BCUT2D eigenvalue weighted by molar-refractivity contribution is 7.99. The minimum absolute atomic E-state index is 0.00406. The van der Waals surface area contributed by atoms with Gasteiger partial charge in [0.25, 0.3) is 0 Å². The molecule has 1 aliphatic rings. The molecule has 3 rings (SSSR count). The van der Waals surface area contributed by atoms with Crippen molar-refractivity contribution in [3.63, 3.8) is 0 Å². The molecule has 0 spiro atoms. The van der Waals surface area contributed by atoms with E-state index >= 15 is 0 Å². The quantitative estimate of drug-likeness (QED) is 0.351. The van der Waals surface area contributed by atoms with Crippen molar-refractivity contribution in [3.05, 3.63) is 59.7 Å². The molecule has 0 saturated carbocycles. The van der Waals surface area contributed by atoms with Crippen LogP contribution < -0.4 is 10.6 Å². The minimum Gasteiger partial charge on any atom is -0.481 e. The first kappa shape index (κ1) is 26.6. The Morgan fingerprint density at radius 1 is 1.00 bits per heavy atom. The molecule has 8 heteroatoms. The first-order valence-electron chi connectivity index (χ1n) is 12.0. The Hall–Kier alpha value is -3.00. The molecule has 0 unspecified atom stereocenters. The highest BCUT2D eigenvalue weighted by atomic mass is 32.2. The van der Waals surface area contributed by atoms with E-state index in [1.54, 1.807) is 0 Å². The molecule has 1 atom stereocenters. The number of carbonyl (C=O) groups excluding carboxylic acids is 2. The molecule has 0 aliphatic heterocycles. The van der Waals surface area contributed by atoms with Gasteiger partial charge in [0, 0.05) is 31.2 Å². The number of benzene rings is 2. The Bertz CT molecular complexity index is 981. The largest absolute Gasteiger partial charge is 0.481 e. The molecule has 0 fully saturated rings. The number of fused-ring (bicyclic) bond motifs is 3. The van der Waals surface area contributed by atoms with E-state index in [1.807, 2.05) is 24.3 Å². The van der Waals surface area contributed by atoms with E-state index in [4.69, 9.17) is 9.84 Å². The van der Waals surface area contributed by atoms with Gasteiger partial charge in [0.2, 0.25) is 5.91 Å². The van der Waals surface area contributed by atoms with Crippen LogP contribution in [0.4, 0.5) is 4.79 Å². The van der Waals surface area contributed by atoms with Gasteiger partial charge in [-0.05, 0) is 40.5 Å². The molecule has 0 saturated heterocycles. The van der Waals surface area contributed by atoms with Crippen molar-refractivity contribution in [1.82, 2.24) is 10.6 Å². The summed E-state index contributed by atoms with van der Waals surface area (Å²) in [5.41, 5.74) is 4.69. The number of carboxylic acid groups (broad SMARTS) is 1. The first-order chi connectivity index (χ1) is 16.8. The number of ether oxygens (including phenoxy) is 1. The Balaban J connectivity index is 1.47. The standard InChI is InChI=1S/C27H34N2O5S/c1-18(2)13-19(14-25(30)28-11-12-35-17-26(31)32)15-29-27(33)34-16-24-22-9-5-3-7-20(22)21-8-4-6-10-23(21)24/h3-10,18-19,24H,11-17H2,1-2H3,(H,28,30)(H,29,33)(H,31,32)/t19-/m0/s1. The highest BCUT2D eigenvalue weighted by Crippen LogP contribution is 2.44. The smallest absolute Gasteiger partial charge is 0.407 e. The molecule has 2 amide bonds. The summed E-state index contributed by atoms with van der Waals surface area (Å²) >= 11 is 1.27. The zero-order valence-electron chi connectivity index (χ0n) is 20.3. The molecule has 0 heterocycles. The fourth-order valence-electron chi connectivity index (χ4n) is 4.54. The van der Waals surface area contributed by atoms with Gasteiger partial charge in [-0.15, -0.1) is 11.8 Å². The molecule has 7 nitrogen and oxygen atoms in total. The van der Waals surface area contributed by atoms with Crippen LogP contribution in [0.15, 0.2) is 48.5 Å². The number of hydrogen-bond donors (Lipinski definition) is 3. The van der Waals surface area contributed by atoms with Gasteiger partial charge in [0.05, 0.1) is 5.75 Å². The van der Waals surface area contributed by atoms with Crippen LogP contribution in [-0.4, -0.2) is 54.3 Å². The van der Waals surface area contributed by atoms with Crippen LogP contribution >= 0.6 is 11.8 Å². The number of nitrogens with one attached hydrogen (secondary N) is 2. The lowest BCUT2D eigenvalue weighted by molar-refractivity contribution is -0.133. The van der Waals surface area contributed by atoms with E-state index in [1.165, 1.54) is 22.9 Å². The summed E-state index contributed by atoms with van der Waals surface area (Å²) in [4.78, 5) is 35.4. The van der Waals surface area contributed by atoms with Gasteiger partial charge in [0.15, 0.2) is 0 Å². The number of carboxylic acids is 1. The molecule has 35 heavy (non-hydrogen) atoms. The van der Waals surface area contributed by atoms with Gasteiger partial charge >= 0.3 is 12.1 Å². The lowest BCUT2D eigenvalue weighted by atomic mass is 9.94. The third-order valence-electron chi connectivity index (χ3n) is 5.95. The van der Waals surface area contributed by atoms with Gasteiger partial charge in [-0.3, -0.25) is 9.59 Å². The maximum Gasteiger partial charge on any atom is 0.407 e. The maximum absolute atomic E-state index is 12.5. The predicted octanol–water partition coefficient (Wildman–Crippen LogP) is 4.51. The summed E-state index contributed by atoms with van der Waals surface area (Å²) < 4.78 is 5.61. The van der Waals surface area contributed by atoms with Crippen LogP contribution in [0.1, 0.15) is 43.7 Å². The molecule has 2 aromatic rings. The molecule has 0 aromatic heterocycles. The lowest BCUT2D eigenvalue weighted by Gasteiger charge is -2.20. The maximum atomic E-state index is 12.5.